The monoisotopic (exact) mass is 260 g/mol. The number of nitrogens with zero attached hydrogens (tertiary/aromatic N) is 4. The zero-order valence-electron chi connectivity index (χ0n) is 9.69. The van der Waals surface area contributed by atoms with E-state index in [1.807, 2.05) is 30.3 Å². The fourth-order valence-corrected chi connectivity index (χ4v) is 2.40. The van der Waals surface area contributed by atoms with Gasteiger partial charge in [-0.1, -0.05) is 53.3 Å². The van der Waals surface area contributed by atoms with E-state index in [4.69, 9.17) is 0 Å². The van der Waals surface area contributed by atoms with Gasteiger partial charge < -0.3 is 0 Å². The second-order valence-electron chi connectivity index (χ2n) is 3.54. The molecule has 0 unspecified atom stereocenters. The van der Waals surface area contributed by atoms with Crippen LogP contribution in [0.25, 0.3) is 0 Å². The summed E-state index contributed by atoms with van der Waals surface area (Å²) in [6.07, 6.45) is 1.71. The summed E-state index contributed by atoms with van der Waals surface area (Å²) in [5.41, 5.74) is 2.02. The Morgan fingerprint density at radius 1 is 1.44 bits per heavy atom. The van der Waals surface area contributed by atoms with E-state index in [0.717, 1.165) is 11.3 Å². The molecule has 0 aromatic heterocycles. The second-order valence-corrected chi connectivity index (χ2v) is 4.48. The Balaban J connectivity index is 2.29. The average Bonchev–Trinajstić information content (AvgIpc) is 2.42. The van der Waals surface area contributed by atoms with Crippen molar-refractivity contribution < 1.29 is 0 Å². The lowest BCUT2D eigenvalue weighted by atomic mass is 10.1. The Hall–Kier alpha value is -1.95. The zero-order chi connectivity index (χ0) is 12.8. The Labute approximate surface area is 109 Å². The molecule has 1 heterocycles. The molecule has 0 fully saturated rings. The molecular weight excluding hydrogens is 248 g/mol. The van der Waals surface area contributed by atoms with Gasteiger partial charge in [0.15, 0.2) is 0 Å². The number of amidine groups is 1. The van der Waals surface area contributed by atoms with Crippen LogP contribution in [0.5, 0.6) is 0 Å². The number of hydrogen-bond acceptors (Lipinski definition) is 4. The third-order valence-electron chi connectivity index (χ3n) is 2.34. The van der Waals surface area contributed by atoms with E-state index in [0.29, 0.717) is 17.5 Å². The number of nitroso groups, excluding NO2 is 1. The van der Waals surface area contributed by atoms with E-state index in [1.165, 1.54) is 11.8 Å². The molecule has 1 aromatic rings. The van der Waals surface area contributed by atoms with Crippen LogP contribution in [0.15, 0.2) is 58.5 Å². The highest BCUT2D eigenvalue weighted by Gasteiger charge is 2.19. The van der Waals surface area contributed by atoms with Crippen LogP contribution in [-0.4, -0.2) is 28.2 Å². The van der Waals surface area contributed by atoms with E-state index < -0.39 is 0 Å². The van der Waals surface area contributed by atoms with Gasteiger partial charge in [0.05, 0.1) is 17.5 Å². The Kier molecular flexibility index (Phi) is 4.25. The number of rotatable bonds is 4. The summed E-state index contributed by atoms with van der Waals surface area (Å²) in [5, 5.41) is 12.7. The minimum atomic E-state index is 0.498. The summed E-state index contributed by atoms with van der Waals surface area (Å²) in [5.74, 6) is 0.673. The van der Waals surface area contributed by atoms with Gasteiger partial charge in [-0.25, -0.2) is 5.01 Å². The van der Waals surface area contributed by atoms with E-state index >= 15 is 0 Å². The lowest BCUT2D eigenvalue weighted by Crippen LogP contribution is -2.31. The largest absolute Gasteiger partial charge is 0.237 e. The van der Waals surface area contributed by atoms with Crippen molar-refractivity contribution in [3.05, 3.63) is 53.5 Å². The van der Waals surface area contributed by atoms with Crippen LogP contribution in [0.1, 0.15) is 5.56 Å². The second kappa shape index (κ2) is 6.11. The van der Waals surface area contributed by atoms with Crippen molar-refractivity contribution >= 4 is 22.6 Å². The van der Waals surface area contributed by atoms with Gasteiger partial charge in [0, 0.05) is 5.75 Å². The molecular formula is C12H12N4OS. The normalized spacial score (nSPS) is 17.4. The summed E-state index contributed by atoms with van der Waals surface area (Å²) >= 11 is 1.44. The summed E-state index contributed by atoms with van der Waals surface area (Å²) in [6.45, 7) is 4.16. The topological polar surface area (TPSA) is 57.4 Å². The van der Waals surface area contributed by atoms with Gasteiger partial charge in [-0.05, 0) is 5.56 Å². The minimum Gasteiger partial charge on any atom is -0.237 e. The highest BCUT2D eigenvalue weighted by molar-refractivity contribution is 8.14. The predicted octanol–water partition coefficient (Wildman–Crippen LogP) is 2.66. The highest BCUT2D eigenvalue weighted by atomic mass is 32.2. The molecule has 1 aromatic carbocycles. The van der Waals surface area contributed by atoms with E-state index in [2.05, 4.69) is 22.1 Å². The number of hydrogen-bond donors (Lipinski definition) is 0. The van der Waals surface area contributed by atoms with E-state index in [-0.39, 0.29) is 0 Å². The third kappa shape index (κ3) is 2.84. The minimum absolute atomic E-state index is 0.498. The zero-order valence-corrected chi connectivity index (χ0v) is 10.5. The van der Waals surface area contributed by atoms with Gasteiger partial charge in [-0.2, -0.15) is 5.10 Å². The van der Waals surface area contributed by atoms with Crippen LogP contribution in [0, 0.1) is 4.91 Å². The van der Waals surface area contributed by atoms with Crippen molar-refractivity contribution in [1.29, 1.82) is 0 Å². The molecule has 0 atom stereocenters. The van der Waals surface area contributed by atoms with Crippen LogP contribution in [0.4, 0.5) is 0 Å². The first-order valence-corrected chi connectivity index (χ1v) is 6.38. The van der Waals surface area contributed by atoms with Gasteiger partial charge in [0.25, 0.3) is 0 Å². The molecule has 1 aliphatic rings. The summed E-state index contributed by atoms with van der Waals surface area (Å²) in [6, 6.07) is 9.91. The molecule has 2 rings (SSSR count). The van der Waals surface area contributed by atoms with Gasteiger partial charge in [-0.15, -0.1) is 11.5 Å². The first kappa shape index (κ1) is 12.5. The maximum absolute atomic E-state index is 10.2. The van der Waals surface area contributed by atoms with Crippen LogP contribution < -0.4 is 0 Å². The molecule has 0 radical (unpaired) electrons. The first-order chi connectivity index (χ1) is 8.85. The molecule has 5 nitrogen and oxygen atoms in total. The number of benzene rings is 1. The summed E-state index contributed by atoms with van der Waals surface area (Å²) < 4.78 is 0. The SMILES string of the molecule is C=CCN1N=C(c2ccccc2)CS/C1=N\N=O. The molecule has 18 heavy (non-hydrogen) atoms. The molecule has 92 valence electrons. The molecule has 0 aliphatic carbocycles. The Morgan fingerprint density at radius 3 is 2.89 bits per heavy atom. The van der Waals surface area contributed by atoms with Crippen molar-refractivity contribution in [3.63, 3.8) is 0 Å². The molecule has 0 spiro atoms. The van der Waals surface area contributed by atoms with Crippen LogP contribution >= 0.6 is 11.8 Å². The molecule has 6 heteroatoms. The number of thioether (sulfide) groups is 1. The summed E-state index contributed by atoms with van der Waals surface area (Å²) in [7, 11) is 0. The molecule has 0 bridgehead atoms. The van der Waals surface area contributed by atoms with Gasteiger partial charge in [0.2, 0.25) is 5.17 Å². The van der Waals surface area contributed by atoms with Gasteiger partial charge in [-0.3, -0.25) is 0 Å². The fourth-order valence-electron chi connectivity index (χ4n) is 1.55. The third-order valence-corrected chi connectivity index (χ3v) is 3.30. The molecule has 0 N–H and O–H groups in total. The first-order valence-electron chi connectivity index (χ1n) is 5.39. The van der Waals surface area contributed by atoms with Gasteiger partial charge in [0.1, 0.15) is 0 Å². The van der Waals surface area contributed by atoms with Crippen molar-refractivity contribution in [2.24, 2.45) is 15.5 Å². The van der Waals surface area contributed by atoms with Crippen molar-refractivity contribution in [3.8, 4) is 0 Å². The lowest BCUT2D eigenvalue weighted by Gasteiger charge is -2.24. The standard InChI is InChI=1S/C12H12N4OS/c1-2-8-16-12(13-15-17)18-9-11(14-16)10-6-4-3-5-7-10/h2-7H,1,8-9H2/b13-12-. The van der Waals surface area contributed by atoms with Crippen molar-refractivity contribution in [1.82, 2.24) is 5.01 Å². The van der Waals surface area contributed by atoms with Crippen molar-refractivity contribution in [2.45, 2.75) is 0 Å². The Morgan fingerprint density at radius 2 is 2.22 bits per heavy atom. The summed E-state index contributed by atoms with van der Waals surface area (Å²) in [4.78, 5) is 10.2. The smallest absolute Gasteiger partial charge is 0.210 e. The van der Waals surface area contributed by atoms with Crippen molar-refractivity contribution in [2.75, 3.05) is 12.3 Å². The maximum atomic E-state index is 10.2. The van der Waals surface area contributed by atoms with Crippen LogP contribution in [0.2, 0.25) is 0 Å². The molecule has 0 amide bonds. The van der Waals surface area contributed by atoms with Crippen LogP contribution in [0.3, 0.4) is 0 Å². The van der Waals surface area contributed by atoms with E-state index in [9.17, 15) is 4.91 Å². The Bertz CT molecular complexity index is 498. The lowest BCUT2D eigenvalue weighted by molar-refractivity contribution is 0.501. The predicted molar refractivity (Wildman–Crippen MR) is 75.6 cm³/mol. The van der Waals surface area contributed by atoms with Gasteiger partial charge >= 0.3 is 0 Å². The molecule has 1 aliphatic heterocycles. The molecule has 0 saturated heterocycles. The fraction of sp³-hybridized carbons (Fsp3) is 0.167. The highest BCUT2D eigenvalue weighted by Crippen LogP contribution is 2.20. The quantitative estimate of drug-likeness (QED) is 0.475. The van der Waals surface area contributed by atoms with E-state index in [1.54, 1.807) is 11.1 Å². The van der Waals surface area contributed by atoms with Crippen LogP contribution in [-0.2, 0) is 0 Å². The molecule has 0 saturated carbocycles. The maximum Gasteiger partial charge on any atom is 0.210 e. The number of hydrazone groups is 1. The average molecular weight is 260 g/mol.